The lowest BCUT2D eigenvalue weighted by molar-refractivity contribution is 0.102. The molecular formula is C19H21ClN2O5S. The molecule has 1 aliphatic heterocycles. The number of sulfonamides is 1. The molecule has 2 aromatic rings. The van der Waals surface area contributed by atoms with E-state index in [0.717, 1.165) is 12.8 Å². The van der Waals surface area contributed by atoms with Crippen LogP contribution in [0.25, 0.3) is 0 Å². The molecule has 1 fully saturated rings. The Balaban J connectivity index is 1.80. The zero-order valence-electron chi connectivity index (χ0n) is 15.3. The predicted molar refractivity (Wildman–Crippen MR) is 107 cm³/mol. The zero-order valence-corrected chi connectivity index (χ0v) is 16.8. The molecule has 0 bridgehead atoms. The van der Waals surface area contributed by atoms with Crippen molar-refractivity contribution in [2.75, 3.05) is 25.6 Å². The molecule has 9 heteroatoms. The predicted octanol–water partition coefficient (Wildman–Crippen LogP) is 3.06. The minimum atomic E-state index is -3.76. The van der Waals surface area contributed by atoms with Crippen LogP contribution in [-0.4, -0.2) is 40.7 Å². The monoisotopic (exact) mass is 424 g/mol. The van der Waals surface area contributed by atoms with Crippen molar-refractivity contribution < 1.29 is 22.7 Å². The fourth-order valence-electron chi connectivity index (χ4n) is 2.87. The van der Waals surface area contributed by atoms with Crippen LogP contribution in [0.3, 0.4) is 0 Å². The second-order valence-electron chi connectivity index (χ2n) is 6.31. The Morgan fingerprint density at radius 1 is 1.29 bits per heavy atom. The van der Waals surface area contributed by atoms with Crippen molar-refractivity contribution in [2.45, 2.75) is 23.8 Å². The van der Waals surface area contributed by atoms with Crippen LogP contribution in [0.5, 0.6) is 5.75 Å². The first kappa shape index (κ1) is 20.6. The molecule has 2 N–H and O–H groups in total. The van der Waals surface area contributed by atoms with Gasteiger partial charge in [-0.1, -0.05) is 17.7 Å². The minimum Gasteiger partial charge on any atom is -0.495 e. The summed E-state index contributed by atoms with van der Waals surface area (Å²) in [7, 11) is -2.32. The molecule has 0 spiro atoms. The van der Waals surface area contributed by atoms with Crippen LogP contribution in [0.4, 0.5) is 5.69 Å². The van der Waals surface area contributed by atoms with E-state index in [0.29, 0.717) is 22.9 Å². The van der Waals surface area contributed by atoms with Crippen molar-refractivity contribution in [1.29, 1.82) is 0 Å². The van der Waals surface area contributed by atoms with Crippen LogP contribution < -0.4 is 14.8 Å². The normalized spacial score (nSPS) is 16.7. The van der Waals surface area contributed by atoms with Crippen molar-refractivity contribution in [3.05, 3.63) is 53.1 Å². The van der Waals surface area contributed by atoms with Gasteiger partial charge in [0.15, 0.2) is 0 Å². The minimum absolute atomic E-state index is 0.0210. The van der Waals surface area contributed by atoms with E-state index in [-0.39, 0.29) is 23.2 Å². The van der Waals surface area contributed by atoms with Gasteiger partial charge < -0.3 is 14.8 Å². The Hall–Kier alpha value is -2.13. The largest absolute Gasteiger partial charge is 0.495 e. The Morgan fingerprint density at radius 3 is 2.79 bits per heavy atom. The first-order chi connectivity index (χ1) is 13.4. The van der Waals surface area contributed by atoms with E-state index in [1.54, 1.807) is 18.2 Å². The SMILES string of the molecule is COc1ccc(S(=O)(=O)NCC2CCCO2)cc1NC(=O)c1cccc(Cl)c1. The standard InChI is InChI=1S/C19H21ClN2O5S/c1-26-18-8-7-16(28(24,25)21-12-15-6-3-9-27-15)11-17(18)22-19(23)13-4-2-5-14(20)10-13/h2,4-5,7-8,10-11,15,21H,3,6,9,12H2,1H3,(H,22,23). The molecule has 28 heavy (non-hydrogen) atoms. The first-order valence-corrected chi connectivity index (χ1v) is 10.6. The summed E-state index contributed by atoms with van der Waals surface area (Å²) in [6.07, 6.45) is 1.63. The van der Waals surface area contributed by atoms with Gasteiger partial charge in [-0.15, -0.1) is 0 Å². The van der Waals surface area contributed by atoms with Crippen LogP contribution in [-0.2, 0) is 14.8 Å². The highest BCUT2D eigenvalue weighted by Gasteiger charge is 2.22. The summed E-state index contributed by atoms with van der Waals surface area (Å²) < 4.78 is 38.4. The number of halogens is 1. The van der Waals surface area contributed by atoms with Gasteiger partial charge in [-0.2, -0.15) is 0 Å². The van der Waals surface area contributed by atoms with Gasteiger partial charge >= 0.3 is 0 Å². The molecule has 0 aliphatic carbocycles. The number of anilines is 1. The number of carbonyl (C=O) groups is 1. The molecule has 0 saturated carbocycles. The molecule has 1 amide bonds. The van der Waals surface area contributed by atoms with Crippen LogP contribution in [0.2, 0.25) is 5.02 Å². The third-order valence-electron chi connectivity index (χ3n) is 4.34. The van der Waals surface area contributed by atoms with Gasteiger partial charge in [-0.3, -0.25) is 4.79 Å². The lowest BCUT2D eigenvalue weighted by atomic mass is 10.2. The van der Waals surface area contributed by atoms with E-state index in [4.69, 9.17) is 21.1 Å². The summed E-state index contributed by atoms with van der Waals surface area (Å²) in [5.74, 6) is -0.0869. The van der Waals surface area contributed by atoms with Crippen molar-refractivity contribution in [3.8, 4) is 5.75 Å². The van der Waals surface area contributed by atoms with Gasteiger partial charge in [0, 0.05) is 23.7 Å². The maximum Gasteiger partial charge on any atom is 0.255 e. The molecule has 0 radical (unpaired) electrons. The average Bonchev–Trinajstić information content (AvgIpc) is 3.20. The van der Waals surface area contributed by atoms with Gasteiger partial charge in [0.25, 0.3) is 5.91 Å². The van der Waals surface area contributed by atoms with Crippen molar-refractivity contribution in [3.63, 3.8) is 0 Å². The van der Waals surface area contributed by atoms with E-state index in [1.165, 1.54) is 31.4 Å². The first-order valence-electron chi connectivity index (χ1n) is 8.75. The smallest absolute Gasteiger partial charge is 0.255 e. The topological polar surface area (TPSA) is 93.7 Å². The van der Waals surface area contributed by atoms with Crippen LogP contribution in [0, 0.1) is 0 Å². The van der Waals surface area contributed by atoms with Crippen molar-refractivity contribution in [1.82, 2.24) is 4.72 Å². The van der Waals surface area contributed by atoms with E-state index < -0.39 is 15.9 Å². The number of hydrogen-bond donors (Lipinski definition) is 2. The summed E-state index contributed by atoms with van der Waals surface area (Å²) in [5, 5.41) is 3.10. The Bertz CT molecular complexity index is 959. The lowest BCUT2D eigenvalue weighted by Gasteiger charge is -2.14. The van der Waals surface area contributed by atoms with Crippen LogP contribution in [0.1, 0.15) is 23.2 Å². The number of rotatable bonds is 7. The quantitative estimate of drug-likeness (QED) is 0.712. The van der Waals surface area contributed by atoms with Crippen LogP contribution >= 0.6 is 11.6 Å². The van der Waals surface area contributed by atoms with Crippen LogP contribution in [0.15, 0.2) is 47.4 Å². The molecular weight excluding hydrogens is 404 g/mol. The summed E-state index contributed by atoms with van der Waals surface area (Å²) in [6.45, 7) is 0.854. The van der Waals surface area contributed by atoms with E-state index in [1.807, 2.05) is 0 Å². The maximum atomic E-state index is 12.6. The summed E-state index contributed by atoms with van der Waals surface area (Å²) in [5.41, 5.74) is 0.590. The molecule has 1 atom stereocenters. The second kappa shape index (κ2) is 8.91. The van der Waals surface area contributed by atoms with Gasteiger partial charge in [0.05, 0.1) is 23.8 Å². The number of hydrogen-bond acceptors (Lipinski definition) is 5. The lowest BCUT2D eigenvalue weighted by Crippen LogP contribution is -2.31. The molecule has 2 aromatic carbocycles. The van der Waals surface area contributed by atoms with Gasteiger partial charge in [0.2, 0.25) is 10.0 Å². The highest BCUT2D eigenvalue weighted by molar-refractivity contribution is 7.89. The fourth-order valence-corrected chi connectivity index (χ4v) is 4.15. The Morgan fingerprint density at radius 2 is 2.11 bits per heavy atom. The Labute approximate surface area is 169 Å². The number of amides is 1. The summed E-state index contributed by atoms with van der Waals surface area (Å²) >= 11 is 5.92. The maximum absolute atomic E-state index is 12.6. The zero-order chi connectivity index (χ0) is 20.1. The van der Waals surface area contributed by atoms with E-state index in [9.17, 15) is 13.2 Å². The van der Waals surface area contributed by atoms with E-state index >= 15 is 0 Å². The third-order valence-corrected chi connectivity index (χ3v) is 6.00. The number of methoxy groups -OCH3 is 1. The Kier molecular flexibility index (Phi) is 6.56. The number of ether oxygens (including phenoxy) is 2. The molecule has 1 unspecified atom stereocenters. The van der Waals surface area contributed by atoms with Gasteiger partial charge in [-0.05, 0) is 49.2 Å². The average molecular weight is 425 g/mol. The summed E-state index contributed by atoms with van der Waals surface area (Å²) in [4.78, 5) is 12.5. The third kappa shape index (κ3) is 5.02. The number of carbonyl (C=O) groups excluding carboxylic acids is 1. The highest BCUT2D eigenvalue weighted by Crippen LogP contribution is 2.28. The van der Waals surface area contributed by atoms with Crippen molar-refractivity contribution in [2.24, 2.45) is 0 Å². The number of benzene rings is 2. The molecule has 1 aliphatic rings. The summed E-state index contributed by atoms with van der Waals surface area (Å²) in [6, 6.07) is 10.7. The number of nitrogens with one attached hydrogen (secondary N) is 2. The molecule has 150 valence electrons. The van der Waals surface area contributed by atoms with E-state index in [2.05, 4.69) is 10.0 Å². The van der Waals surface area contributed by atoms with Gasteiger partial charge in [-0.25, -0.2) is 13.1 Å². The molecule has 1 heterocycles. The molecule has 7 nitrogen and oxygen atoms in total. The molecule has 3 rings (SSSR count). The molecule has 0 aromatic heterocycles. The molecule has 1 saturated heterocycles. The highest BCUT2D eigenvalue weighted by atomic mass is 35.5. The van der Waals surface area contributed by atoms with Crippen molar-refractivity contribution >= 4 is 33.2 Å². The fraction of sp³-hybridized carbons (Fsp3) is 0.316. The second-order valence-corrected chi connectivity index (χ2v) is 8.52. The van der Waals surface area contributed by atoms with Gasteiger partial charge in [0.1, 0.15) is 5.75 Å².